The second-order valence-corrected chi connectivity index (χ2v) is 3.27. The molecule has 0 N–H and O–H groups in total. The molecule has 0 fully saturated rings. The fourth-order valence-corrected chi connectivity index (χ4v) is 1.19. The number of nitrogens with zero attached hydrogens (tertiary/aromatic N) is 1. The molecule has 58 valence electrons. The van der Waals surface area contributed by atoms with Crippen molar-refractivity contribution in [3.8, 4) is 6.07 Å². The van der Waals surface area contributed by atoms with Crippen LogP contribution in [0.15, 0.2) is 0 Å². The lowest BCUT2D eigenvalue weighted by Gasteiger charge is -2.12. The Morgan fingerprint density at radius 2 is 2.00 bits per heavy atom. The molecule has 0 aliphatic heterocycles. The van der Waals surface area contributed by atoms with Crippen molar-refractivity contribution >= 4 is 0 Å². The van der Waals surface area contributed by atoms with Gasteiger partial charge in [-0.05, 0) is 18.3 Å². The van der Waals surface area contributed by atoms with E-state index in [0.717, 1.165) is 18.8 Å². The van der Waals surface area contributed by atoms with E-state index >= 15 is 0 Å². The molecule has 0 aliphatic carbocycles. The molecule has 0 heterocycles. The van der Waals surface area contributed by atoms with Crippen LogP contribution >= 0.6 is 0 Å². The Hall–Kier alpha value is -0.510. The van der Waals surface area contributed by atoms with Gasteiger partial charge in [-0.1, -0.05) is 27.2 Å². The van der Waals surface area contributed by atoms with Gasteiger partial charge < -0.3 is 0 Å². The summed E-state index contributed by atoms with van der Waals surface area (Å²) in [5.74, 6) is 1.36. The van der Waals surface area contributed by atoms with Crippen LogP contribution in [-0.2, 0) is 0 Å². The van der Waals surface area contributed by atoms with Crippen molar-refractivity contribution in [2.75, 3.05) is 0 Å². The maximum Gasteiger partial charge on any atom is 0.0624 e. The van der Waals surface area contributed by atoms with Crippen LogP contribution in [0.1, 0.15) is 40.0 Å². The summed E-state index contributed by atoms with van der Waals surface area (Å²) in [4.78, 5) is 0. The molecule has 0 saturated heterocycles. The average molecular weight is 139 g/mol. The lowest BCUT2D eigenvalue weighted by Crippen LogP contribution is -2.01. The third-order valence-corrected chi connectivity index (χ3v) is 1.76. The van der Waals surface area contributed by atoms with Crippen molar-refractivity contribution in [1.29, 1.82) is 5.26 Å². The molecule has 0 rings (SSSR count). The predicted molar refractivity (Wildman–Crippen MR) is 43.5 cm³/mol. The van der Waals surface area contributed by atoms with E-state index in [0.29, 0.717) is 5.92 Å². The molecule has 0 radical (unpaired) electrons. The molecule has 0 spiro atoms. The molecule has 0 saturated carbocycles. The number of nitriles is 1. The normalized spacial score (nSPS) is 13.1. The second-order valence-electron chi connectivity index (χ2n) is 3.27. The molecule has 1 nitrogen and oxygen atoms in total. The molecule has 0 aromatic heterocycles. The summed E-state index contributed by atoms with van der Waals surface area (Å²) in [5, 5.41) is 8.43. The fourth-order valence-electron chi connectivity index (χ4n) is 1.19. The lowest BCUT2D eigenvalue weighted by molar-refractivity contribution is 0.405. The third kappa shape index (κ3) is 4.38. The van der Waals surface area contributed by atoms with E-state index in [2.05, 4.69) is 26.8 Å². The van der Waals surface area contributed by atoms with Crippen LogP contribution < -0.4 is 0 Å². The van der Waals surface area contributed by atoms with Crippen molar-refractivity contribution < 1.29 is 0 Å². The quantitative estimate of drug-likeness (QED) is 0.587. The van der Waals surface area contributed by atoms with Crippen molar-refractivity contribution in [3.63, 3.8) is 0 Å². The highest BCUT2D eigenvalue weighted by molar-refractivity contribution is 4.75. The van der Waals surface area contributed by atoms with Crippen LogP contribution in [-0.4, -0.2) is 0 Å². The number of rotatable bonds is 4. The number of hydrogen-bond acceptors (Lipinski definition) is 1. The molecular weight excluding hydrogens is 122 g/mol. The first kappa shape index (κ1) is 9.49. The second kappa shape index (κ2) is 5.29. The van der Waals surface area contributed by atoms with Gasteiger partial charge in [0.1, 0.15) is 0 Å². The zero-order valence-electron chi connectivity index (χ0n) is 7.22. The Labute approximate surface area is 64.1 Å². The van der Waals surface area contributed by atoms with E-state index in [9.17, 15) is 0 Å². The molecule has 10 heavy (non-hydrogen) atoms. The summed E-state index contributed by atoms with van der Waals surface area (Å²) >= 11 is 0. The average Bonchev–Trinajstić information content (AvgIpc) is 1.86. The van der Waals surface area contributed by atoms with Gasteiger partial charge in [0, 0.05) is 6.42 Å². The van der Waals surface area contributed by atoms with Gasteiger partial charge in [-0.25, -0.2) is 0 Å². The van der Waals surface area contributed by atoms with Gasteiger partial charge >= 0.3 is 0 Å². The minimum atomic E-state index is 0.630. The molecule has 1 unspecified atom stereocenters. The van der Waals surface area contributed by atoms with E-state index in [4.69, 9.17) is 5.26 Å². The van der Waals surface area contributed by atoms with Gasteiger partial charge in [0.05, 0.1) is 6.07 Å². The monoisotopic (exact) mass is 139 g/mol. The largest absolute Gasteiger partial charge is 0.198 e. The van der Waals surface area contributed by atoms with E-state index in [1.54, 1.807) is 0 Å². The molecule has 0 aromatic rings. The smallest absolute Gasteiger partial charge is 0.0624 e. The molecular formula is C9H17N. The summed E-state index contributed by atoms with van der Waals surface area (Å²) in [6.45, 7) is 6.57. The molecule has 0 amide bonds. The van der Waals surface area contributed by atoms with E-state index in [1.165, 1.54) is 6.42 Å². The summed E-state index contributed by atoms with van der Waals surface area (Å²) in [6.07, 6.45) is 3.07. The Morgan fingerprint density at radius 3 is 2.30 bits per heavy atom. The van der Waals surface area contributed by atoms with Crippen LogP contribution in [0.5, 0.6) is 0 Å². The molecule has 0 bridgehead atoms. The Kier molecular flexibility index (Phi) is 5.02. The molecule has 0 aliphatic rings. The highest BCUT2D eigenvalue weighted by Gasteiger charge is 2.06. The molecule has 1 atom stereocenters. The zero-order chi connectivity index (χ0) is 7.98. The van der Waals surface area contributed by atoms with Gasteiger partial charge in [0.15, 0.2) is 0 Å². The third-order valence-electron chi connectivity index (χ3n) is 1.76. The maximum absolute atomic E-state index is 8.43. The Balaban J connectivity index is 3.52. The van der Waals surface area contributed by atoms with Crippen molar-refractivity contribution in [2.45, 2.75) is 40.0 Å². The van der Waals surface area contributed by atoms with Crippen LogP contribution in [0.25, 0.3) is 0 Å². The maximum atomic E-state index is 8.43. The number of hydrogen-bond donors (Lipinski definition) is 0. The van der Waals surface area contributed by atoms with Crippen molar-refractivity contribution in [2.24, 2.45) is 11.8 Å². The van der Waals surface area contributed by atoms with Crippen LogP contribution in [0.4, 0.5) is 0 Å². The minimum Gasteiger partial charge on any atom is -0.198 e. The van der Waals surface area contributed by atoms with Crippen molar-refractivity contribution in [1.82, 2.24) is 0 Å². The topological polar surface area (TPSA) is 23.8 Å². The first-order valence-corrected chi connectivity index (χ1v) is 4.07. The summed E-state index contributed by atoms with van der Waals surface area (Å²) in [6, 6.07) is 2.22. The summed E-state index contributed by atoms with van der Waals surface area (Å²) in [5.41, 5.74) is 0. The Bertz CT molecular complexity index is 110. The molecule has 0 aromatic carbocycles. The van der Waals surface area contributed by atoms with Gasteiger partial charge in [-0.15, -0.1) is 0 Å². The van der Waals surface area contributed by atoms with Gasteiger partial charge in [-0.2, -0.15) is 5.26 Å². The predicted octanol–water partition coefficient (Wildman–Crippen LogP) is 2.97. The van der Waals surface area contributed by atoms with Crippen LogP contribution in [0.2, 0.25) is 0 Å². The Morgan fingerprint density at radius 1 is 1.40 bits per heavy atom. The standard InChI is InChI=1S/C9H17N/c1-4-9(5-6-10)7-8(2)3/h8-9H,4-5,7H2,1-3H3. The van der Waals surface area contributed by atoms with Gasteiger partial charge in [0.2, 0.25) is 0 Å². The van der Waals surface area contributed by atoms with E-state index in [-0.39, 0.29) is 0 Å². The van der Waals surface area contributed by atoms with Gasteiger partial charge in [0.25, 0.3) is 0 Å². The minimum absolute atomic E-state index is 0.630. The van der Waals surface area contributed by atoms with E-state index < -0.39 is 0 Å². The summed E-state index contributed by atoms with van der Waals surface area (Å²) < 4.78 is 0. The first-order valence-electron chi connectivity index (χ1n) is 4.07. The SMILES string of the molecule is CCC(CC#N)CC(C)C. The lowest BCUT2D eigenvalue weighted by atomic mass is 9.93. The van der Waals surface area contributed by atoms with Gasteiger partial charge in [-0.3, -0.25) is 0 Å². The van der Waals surface area contributed by atoms with Crippen LogP contribution in [0.3, 0.4) is 0 Å². The highest BCUT2D eigenvalue weighted by Crippen LogP contribution is 2.17. The fraction of sp³-hybridized carbons (Fsp3) is 0.889. The molecule has 1 heteroatoms. The highest BCUT2D eigenvalue weighted by atomic mass is 14.2. The van der Waals surface area contributed by atoms with Crippen LogP contribution in [0, 0.1) is 23.2 Å². The van der Waals surface area contributed by atoms with E-state index in [1.807, 2.05) is 0 Å². The van der Waals surface area contributed by atoms with Crippen molar-refractivity contribution in [3.05, 3.63) is 0 Å². The summed E-state index contributed by atoms with van der Waals surface area (Å²) in [7, 11) is 0. The zero-order valence-corrected chi connectivity index (χ0v) is 7.22. The first-order chi connectivity index (χ1) is 4.70.